The van der Waals surface area contributed by atoms with E-state index in [1.807, 2.05) is 16.8 Å². The van der Waals surface area contributed by atoms with Crippen LogP contribution in [0.1, 0.15) is 6.92 Å². The number of amides is 1. The van der Waals surface area contributed by atoms with Crippen molar-refractivity contribution in [1.29, 1.82) is 0 Å². The van der Waals surface area contributed by atoms with Crippen molar-refractivity contribution in [2.45, 2.75) is 13.0 Å². The minimum Gasteiger partial charge on any atom is -0.392 e. The molecule has 0 aromatic carbocycles. The minimum atomic E-state index is -0.383. The molecule has 0 radical (unpaired) electrons. The molecule has 1 aliphatic heterocycles. The van der Waals surface area contributed by atoms with Gasteiger partial charge >= 0.3 is 0 Å². The molecular weight excluding hydrogens is 194 g/mol. The fourth-order valence-corrected chi connectivity index (χ4v) is 1.76. The number of likely N-dealkylation sites (N-methyl/N-ethyl adjacent to an activating group) is 1. The number of carbonyl (C=O) groups excluding carboxylic acids is 1. The van der Waals surface area contributed by atoms with Crippen LogP contribution in [0.3, 0.4) is 0 Å². The van der Waals surface area contributed by atoms with Gasteiger partial charge < -0.3 is 15.3 Å². The van der Waals surface area contributed by atoms with E-state index in [1.54, 1.807) is 6.92 Å². The van der Waals surface area contributed by atoms with Gasteiger partial charge in [-0.2, -0.15) is 0 Å². The highest BCUT2D eigenvalue weighted by Gasteiger charge is 2.17. The summed E-state index contributed by atoms with van der Waals surface area (Å²) >= 11 is 0. The lowest BCUT2D eigenvalue weighted by atomic mass is 10.3. The van der Waals surface area contributed by atoms with E-state index < -0.39 is 0 Å². The number of hydrogen-bond acceptors (Lipinski definition) is 4. The van der Waals surface area contributed by atoms with Crippen molar-refractivity contribution < 1.29 is 9.90 Å². The minimum absolute atomic E-state index is 0.152. The van der Waals surface area contributed by atoms with Crippen LogP contribution >= 0.6 is 0 Å². The molecule has 0 spiro atoms. The van der Waals surface area contributed by atoms with Crippen molar-refractivity contribution in [2.75, 3.05) is 46.3 Å². The van der Waals surface area contributed by atoms with Gasteiger partial charge in [0.2, 0.25) is 5.91 Å². The normalized spacial score (nSPS) is 19.3. The Morgan fingerprint density at radius 1 is 1.53 bits per heavy atom. The lowest BCUT2D eigenvalue weighted by molar-refractivity contribution is -0.132. The van der Waals surface area contributed by atoms with Crippen molar-refractivity contribution in [1.82, 2.24) is 15.1 Å². The number of aliphatic hydroxyl groups is 1. The van der Waals surface area contributed by atoms with E-state index in [0.29, 0.717) is 13.1 Å². The molecule has 0 bridgehead atoms. The smallest absolute Gasteiger partial charge is 0.236 e. The van der Waals surface area contributed by atoms with E-state index in [0.717, 1.165) is 26.2 Å². The van der Waals surface area contributed by atoms with Gasteiger partial charge in [0.1, 0.15) is 0 Å². The van der Waals surface area contributed by atoms with Crippen LogP contribution < -0.4 is 5.32 Å². The van der Waals surface area contributed by atoms with Crippen LogP contribution in [-0.2, 0) is 4.79 Å². The zero-order valence-electron chi connectivity index (χ0n) is 9.57. The first kappa shape index (κ1) is 12.4. The molecule has 88 valence electrons. The first-order chi connectivity index (χ1) is 7.09. The average molecular weight is 215 g/mol. The second-order valence-electron chi connectivity index (χ2n) is 4.18. The molecule has 5 nitrogen and oxygen atoms in total. The van der Waals surface area contributed by atoms with Crippen molar-refractivity contribution in [2.24, 2.45) is 0 Å². The van der Waals surface area contributed by atoms with Gasteiger partial charge in [0.15, 0.2) is 0 Å². The third-order valence-corrected chi connectivity index (χ3v) is 2.45. The zero-order chi connectivity index (χ0) is 11.3. The Morgan fingerprint density at radius 2 is 2.13 bits per heavy atom. The lowest BCUT2D eigenvalue weighted by Gasteiger charge is -2.29. The summed E-state index contributed by atoms with van der Waals surface area (Å²) in [6.07, 6.45) is -0.383. The molecule has 0 aliphatic carbocycles. The molecule has 1 saturated heterocycles. The monoisotopic (exact) mass is 215 g/mol. The van der Waals surface area contributed by atoms with Gasteiger partial charge in [-0.3, -0.25) is 9.69 Å². The summed E-state index contributed by atoms with van der Waals surface area (Å²) in [7, 11) is 1.85. The second-order valence-corrected chi connectivity index (χ2v) is 4.18. The number of carbonyl (C=O) groups is 1. The van der Waals surface area contributed by atoms with E-state index in [1.165, 1.54) is 0 Å². The summed E-state index contributed by atoms with van der Waals surface area (Å²) in [5, 5.41) is 12.4. The van der Waals surface area contributed by atoms with E-state index in [4.69, 9.17) is 5.11 Å². The molecule has 2 N–H and O–H groups in total. The molecule has 0 saturated carbocycles. The largest absolute Gasteiger partial charge is 0.392 e. The van der Waals surface area contributed by atoms with Crippen molar-refractivity contribution in [3.63, 3.8) is 0 Å². The van der Waals surface area contributed by atoms with Crippen molar-refractivity contribution in [3.05, 3.63) is 0 Å². The van der Waals surface area contributed by atoms with Gasteiger partial charge in [0.05, 0.1) is 12.6 Å². The zero-order valence-corrected chi connectivity index (χ0v) is 9.57. The summed E-state index contributed by atoms with van der Waals surface area (Å²) in [4.78, 5) is 15.5. The molecule has 0 aromatic heterocycles. The molecular formula is C10H21N3O2. The fourth-order valence-electron chi connectivity index (χ4n) is 1.76. The maximum absolute atomic E-state index is 11.8. The van der Waals surface area contributed by atoms with Crippen LogP contribution in [0.25, 0.3) is 0 Å². The molecule has 1 aliphatic rings. The Balaban J connectivity index is 2.27. The quantitative estimate of drug-likeness (QED) is 0.614. The molecule has 5 heteroatoms. The van der Waals surface area contributed by atoms with Gasteiger partial charge in [0, 0.05) is 32.7 Å². The van der Waals surface area contributed by atoms with Gasteiger partial charge in [-0.25, -0.2) is 0 Å². The van der Waals surface area contributed by atoms with Crippen LogP contribution in [0.5, 0.6) is 0 Å². The highest BCUT2D eigenvalue weighted by Crippen LogP contribution is 1.96. The van der Waals surface area contributed by atoms with E-state index in [2.05, 4.69) is 5.32 Å². The molecule has 0 unspecified atom stereocenters. The van der Waals surface area contributed by atoms with Crippen LogP contribution in [-0.4, -0.2) is 73.2 Å². The molecule has 0 aromatic rings. The van der Waals surface area contributed by atoms with E-state index in [-0.39, 0.29) is 12.0 Å². The highest BCUT2D eigenvalue weighted by molar-refractivity contribution is 5.78. The Labute approximate surface area is 91.0 Å². The standard InChI is InChI=1S/C10H21N3O2/c1-9(14)7-12(2)8-10(15)13-5-3-11-4-6-13/h9,11,14H,3-8H2,1-2H3/t9-/m0/s1. The van der Waals surface area contributed by atoms with Gasteiger partial charge in [-0.1, -0.05) is 0 Å². The summed E-state index contributed by atoms with van der Waals surface area (Å²) in [5.74, 6) is 0.152. The van der Waals surface area contributed by atoms with Gasteiger partial charge in [-0.15, -0.1) is 0 Å². The third kappa shape index (κ3) is 4.59. The second kappa shape index (κ2) is 6.05. The summed E-state index contributed by atoms with van der Waals surface area (Å²) in [6, 6.07) is 0. The van der Waals surface area contributed by atoms with Crippen molar-refractivity contribution >= 4 is 5.91 Å². The lowest BCUT2D eigenvalue weighted by Crippen LogP contribution is -2.49. The first-order valence-electron chi connectivity index (χ1n) is 5.44. The average Bonchev–Trinajstić information content (AvgIpc) is 2.17. The maximum atomic E-state index is 11.8. The van der Waals surface area contributed by atoms with Crippen molar-refractivity contribution in [3.8, 4) is 0 Å². The van der Waals surface area contributed by atoms with Gasteiger partial charge in [0.25, 0.3) is 0 Å². The van der Waals surface area contributed by atoms with Gasteiger partial charge in [-0.05, 0) is 14.0 Å². The first-order valence-corrected chi connectivity index (χ1v) is 5.44. The maximum Gasteiger partial charge on any atom is 0.236 e. The predicted octanol–water partition coefficient (Wildman–Crippen LogP) is -1.27. The number of rotatable bonds is 4. The highest BCUT2D eigenvalue weighted by atomic mass is 16.3. The van der Waals surface area contributed by atoms with E-state index >= 15 is 0 Å². The van der Waals surface area contributed by atoms with Crippen LogP contribution in [0.15, 0.2) is 0 Å². The van der Waals surface area contributed by atoms with E-state index in [9.17, 15) is 4.79 Å². The summed E-state index contributed by atoms with van der Waals surface area (Å²) < 4.78 is 0. The predicted molar refractivity (Wildman–Crippen MR) is 58.6 cm³/mol. The third-order valence-electron chi connectivity index (χ3n) is 2.45. The number of aliphatic hydroxyl groups excluding tert-OH is 1. The summed E-state index contributed by atoms with van der Waals surface area (Å²) in [6.45, 7) is 6.01. The van der Waals surface area contributed by atoms with Crippen LogP contribution in [0.4, 0.5) is 0 Å². The Bertz CT molecular complexity index is 203. The SMILES string of the molecule is C[C@H](O)CN(C)CC(=O)N1CCNCC1. The Hall–Kier alpha value is -0.650. The molecule has 1 atom stereocenters. The molecule has 1 heterocycles. The number of piperazine rings is 1. The molecule has 1 fully saturated rings. The topological polar surface area (TPSA) is 55.8 Å². The Kier molecular flexibility index (Phi) is 5.01. The number of nitrogens with zero attached hydrogens (tertiary/aromatic N) is 2. The fraction of sp³-hybridized carbons (Fsp3) is 0.900. The van der Waals surface area contributed by atoms with Crippen LogP contribution in [0.2, 0.25) is 0 Å². The van der Waals surface area contributed by atoms with Crippen LogP contribution in [0, 0.1) is 0 Å². The molecule has 15 heavy (non-hydrogen) atoms. The number of nitrogens with one attached hydrogen (secondary N) is 1. The molecule has 1 rings (SSSR count). The molecule has 1 amide bonds. The Morgan fingerprint density at radius 3 is 2.67 bits per heavy atom. The number of hydrogen-bond donors (Lipinski definition) is 2. The summed E-state index contributed by atoms with van der Waals surface area (Å²) in [5.41, 5.74) is 0.